The number of hydrazone groups is 1. The van der Waals surface area contributed by atoms with Gasteiger partial charge in [0.2, 0.25) is 11.9 Å². The highest BCUT2D eigenvalue weighted by atomic mass is 15.4. The minimum Gasteiger partial charge on any atom is -0.369 e. The molecule has 1 fully saturated rings. The van der Waals surface area contributed by atoms with Gasteiger partial charge >= 0.3 is 0 Å². The van der Waals surface area contributed by atoms with E-state index in [0.29, 0.717) is 5.92 Å². The number of guanidine groups is 2. The number of hydrogen-bond donors (Lipinski definition) is 4. The van der Waals surface area contributed by atoms with Crippen molar-refractivity contribution < 1.29 is 0 Å². The Morgan fingerprint density at radius 3 is 2.48 bits per heavy atom. The van der Waals surface area contributed by atoms with Gasteiger partial charge in [-0.1, -0.05) is 36.8 Å². The van der Waals surface area contributed by atoms with Crippen LogP contribution in [-0.2, 0) is 6.42 Å². The molecular weight excluding hydrogens is 264 g/mol. The maximum atomic E-state index is 5.83. The molecular formula is C15H24N6. The Morgan fingerprint density at radius 2 is 1.90 bits per heavy atom. The first-order valence-corrected chi connectivity index (χ1v) is 7.37. The fourth-order valence-corrected chi connectivity index (χ4v) is 2.52. The number of benzene rings is 1. The van der Waals surface area contributed by atoms with Crippen LogP contribution < -0.4 is 22.6 Å². The zero-order valence-corrected chi connectivity index (χ0v) is 12.2. The first-order chi connectivity index (χ1) is 10.1. The Morgan fingerprint density at radius 1 is 1.19 bits per heavy atom. The smallest absolute Gasteiger partial charge is 0.209 e. The molecule has 0 spiro atoms. The Kier molecular flexibility index (Phi) is 5.43. The fourth-order valence-electron chi connectivity index (χ4n) is 2.52. The topological polar surface area (TPSA) is 115 Å². The van der Waals surface area contributed by atoms with Gasteiger partial charge in [-0.2, -0.15) is 0 Å². The molecule has 0 aliphatic heterocycles. The van der Waals surface area contributed by atoms with E-state index in [4.69, 9.17) is 17.2 Å². The quantitative estimate of drug-likeness (QED) is 0.353. The van der Waals surface area contributed by atoms with Crippen LogP contribution >= 0.6 is 0 Å². The van der Waals surface area contributed by atoms with Gasteiger partial charge in [-0.3, -0.25) is 0 Å². The lowest BCUT2D eigenvalue weighted by Gasteiger charge is -2.31. The van der Waals surface area contributed by atoms with Gasteiger partial charge in [0.05, 0.1) is 6.04 Å². The molecule has 114 valence electrons. The van der Waals surface area contributed by atoms with Crippen molar-refractivity contribution in [3.8, 4) is 0 Å². The van der Waals surface area contributed by atoms with Gasteiger partial charge in [-0.05, 0) is 37.2 Å². The van der Waals surface area contributed by atoms with E-state index in [9.17, 15) is 0 Å². The summed E-state index contributed by atoms with van der Waals surface area (Å²) in [6.45, 7) is 0. The highest BCUT2D eigenvalue weighted by Crippen LogP contribution is 2.33. The molecule has 0 amide bonds. The summed E-state index contributed by atoms with van der Waals surface area (Å²) in [5, 5.41) is 3.67. The molecule has 1 atom stereocenters. The standard InChI is InChI=1S/C15H24N6/c16-14(17)20-21-15(18)19-13(12-7-4-8-12)10-9-11-5-2-1-3-6-11/h1-3,5-6,12-13H,4,7-10H2,(H4,16,17,20)(H3,18,19,21). The summed E-state index contributed by atoms with van der Waals surface area (Å²) in [6.07, 6.45) is 5.71. The molecule has 7 N–H and O–H groups in total. The highest BCUT2D eigenvalue weighted by Gasteiger charge is 2.26. The molecule has 0 bridgehead atoms. The van der Waals surface area contributed by atoms with Crippen molar-refractivity contribution in [1.82, 2.24) is 5.43 Å². The molecule has 21 heavy (non-hydrogen) atoms. The molecule has 0 saturated heterocycles. The summed E-state index contributed by atoms with van der Waals surface area (Å²) in [7, 11) is 0. The predicted molar refractivity (Wildman–Crippen MR) is 86.5 cm³/mol. The normalized spacial score (nSPS) is 16.9. The maximum Gasteiger partial charge on any atom is 0.209 e. The number of rotatable bonds is 6. The Hall–Kier alpha value is -2.24. The minimum absolute atomic E-state index is 0.0578. The molecule has 1 aliphatic rings. The highest BCUT2D eigenvalue weighted by molar-refractivity contribution is 5.81. The molecule has 1 aliphatic carbocycles. The third kappa shape index (κ3) is 4.98. The van der Waals surface area contributed by atoms with Gasteiger partial charge in [0.15, 0.2) is 0 Å². The second-order valence-corrected chi connectivity index (χ2v) is 5.45. The van der Waals surface area contributed by atoms with Crippen molar-refractivity contribution in [3.05, 3.63) is 35.9 Å². The van der Waals surface area contributed by atoms with Gasteiger partial charge in [0, 0.05) is 0 Å². The molecule has 1 unspecified atom stereocenters. The molecule has 2 rings (SSSR count). The number of aliphatic imine (C=N–C) groups is 1. The summed E-state index contributed by atoms with van der Waals surface area (Å²) >= 11 is 0. The molecule has 6 heteroatoms. The summed E-state index contributed by atoms with van der Waals surface area (Å²) in [5.74, 6) is 0.833. The molecule has 0 radical (unpaired) electrons. The Balaban J connectivity index is 1.94. The van der Waals surface area contributed by atoms with Crippen LogP contribution in [0.1, 0.15) is 31.2 Å². The second-order valence-electron chi connectivity index (χ2n) is 5.45. The van der Waals surface area contributed by atoms with E-state index >= 15 is 0 Å². The van der Waals surface area contributed by atoms with E-state index in [2.05, 4.69) is 39.8 Å². The lowest BCUT2D eigenvalue weighted by Crippen LogP contribution is -2.36. The Bertz CT molecular complexity index is 488. The number of nitrogens with two attached hydrogens (primary N) is 3. The number of nitrogens with zero attached hydrogens (tertiary/aromatic N) is 2. The summed E-state index contributed by atoms with van der Waals surface area (Å²) in [5.41, 5.74) is 20.3. The zero-order valence-electron chi connectivity index (χ0n) is 12.2. The van der Waals surface area contributed by atoms with Crippen LogP contribution in [0.5, 0.6) is 0 Å². The first-order valence-electron chi connectivity index (χ1n) is 7.37. The van der Waals surface area contributed by atoms with E-state index in [-0.39, 0.29) is 18.0 Å². The van der Waals surface area contributed by atoms with Crippen molar-refractivity contribution in [2.24, 2.45) is 33.2 Å². The van der Waals surface area contributed by atoms with Crippen molar-refractivity contribution in [3.63, 3.8) is 0 Å². The van der Waals surface area contributed by atoms with E-state index in [1.165, 1.54) is 24.8 Å². The van der Waals surface area contributed by atoms with E-state index < -0.39 is 0 Å². The molecule has 1 aromatic rings. The van der Waals surface area contributed by atoms with Gasteiger partial charge < -0.3 is 17.2 Å². The van der Waals surface area contributed by atoms with Crippen LogP contribution in [-0.4, -0.2) is 18.0 Å². The fraction of sp³-hybridized carbons (Fsp3) is 0.467. The van der Waals surface area contributed by atoms with Crippen LogP contribution in [0.2, 0.25) is 0 Å². The van der Waals surface area contributed by atoms with E-state index in [1.807, 2.05) is 6.07 Å². The van der Waals surface area contributed by atoms with Gasteiger partial charge in [-0.15, -0.1) is 5.10 Å². The average Bonchev–Trinajstić information content (AvgIpc) is 2.42. The third-order valence-electron chi connectivity index (χ3n) is 3.87. The lowest BCUT2D eigenvalue weighted by atomic mass is 9.78. The van der Waals surface area contributed by atoms with Crippen molar-refractivity contribution >= 4 is 11.9 Å². The van der Waals surface area contributed by atoms with Crippen LogP contribution in [0.4, 0.5) is 0 Å². The molecule has 1 aromatic carbocycles. The third-order valence-corrected chi connectivity index (χ3v) is 3.87. The molecule has 0 aromatic heterocycles. The summed E-state index contributed by atoms with van der Waals surface area (Å²) in [6, 6.07) is 10.7. The lowest BCUT2D eigenvalue weighted by molar-refractivity contribution is 0.254. The zero-order chi connectivity index (χ0) is 15.1. The largest absolute Gasteiger partial charge is 0.369 e. The van der Waals surface area contributed by atoms with Gasteiger partial charge in [0.1, 0.15) is 0 Å². The Labute approximate surface area is 125 Å². The monoisotopic (exact) mass is 288 g/mol. The SMILES string of the molecule is NC(N)=NNC(N)=NC(CCc1ccccc1)C1CCC1. The van der Waals surface area contributed by atoms with Crippen molar-refractivity contribution in [2.75, 3.05) is 0 Å². The molecule has 1 saturated carbocycles. The van der Waals surface area contributed by atoms with Crippen LogP contribution in [0.15, 0.2) is 40.4 Å². The predicted octanol–water partition coefficient (Wildman–Crippen LogP) is 0.881. The van der Waals surface area contributed by atoms with Crippen LogP contribution in [0.3, 0.4) is 0 Å². The molecule has 6 nitrogen and oxygen atoms in total. The average molecular weight is 288 g/mol. The molecule has 0 heterocycles. The summed E-state index contributed by atoms with van der Waals surface area (Å²) < 4.78 is 0. The number of nitrogens with one attached hydrogen (secondary N) is 1. The number of aryl methyl sites for hydroxylation is 1. The van der Waals surface area contributed by atoms with Crippen LogP contribution in [0, 0.1) is 5.92 Å². The summed E-state index contributed by atoms with van der Waals surface area (Å²) in [4.78, 5) is 4.55. The number of hydrogen-bond acceptors (Lipinski definition) is 2. The van der Waals surface area contributed by atoms with Crippen LogP contribution in [0.25, 0.3) is 0 Å². The van der Waals surface area contributed by atoms with Crippen molar-refractivity contribution in [2.45, 2.75) is 38.1 Å². The second kappa shape index (κ2) is 7.52. The van der Waals surface area contributed by atoms with Gasteiger partial charge in [0.25, 0.3) is 0 Å². The van der Waals surface area contributed by atoms with Gasteiger partial charge in [-0.25, -0.2) is 10.4 Å². The maximum absolute atomic E-state index is 5.83. The van der Waals surface area contributed by atoms with Crippen molar-refractivity contribution in [1.29, 1.82) is 0 Å². The minimum atomic E-state index is -0.0578. The van der Waals surface area contributed by atoms with E-state index in [1.54, 1.807) is 0 Å². The first kappa shape index (κ1) is 15.2. The van der Waals surface area contributed by atoms with E-state index in [0.717, 1.165) is 12.8 Å².